The van der Waals surface area contributed by atoms with Gasteiger partial charge in [-0.15, -0.1) is 0 Å². The highest BCUT2D eigenvalue weighted by Crippen LogP contribution is 2.38. The molecule has 0 aromatic heterocycles. The summed E-state index contributed by atoms with van der Waals surface area (Å²) >= 11 is 0. The van der Waals surface area contributed by atoms with E-state index >= 15 is 0 Å². The number of esters is 1. The molecule has 0 aliphatic heterocycles. The Morgan fingerprint density at radius 1 is 1.64 bits per heavy atom. The van der Waals surface area contributed by atoms with Gasteiger partial charge >= 0.3 is 5.97 Å². The zero-order valence-corrected chi connectivity index (χ0v) is 8.37. The standard InChI is InChI=1S/C10H14O4/c1-3-10(9(13)14-2)5-7(11)4-8(12)6-10/h4,11H,3,5-6H2,1-2H3. The Morgan fingerprint density at radius 3 is 2.71 bits per heavy atom. The molecule has 78 valence electrons. The van der Waals surface area contributed by atoms with Crippen molar-refractivity contribution in [2.75, 3.05) is 7.11 Å². The number of carbonyl (C=O) groups excluding carboxylic acids is 2. The fraction of sp³-hybridized carbons (Fsp3) is 0.600. The Bertz CT molecular complexity index is 292. The Morgan fingerprint density at radius 2 is 2.29 bits per heavy atom. The molecule has 0 heterocycles. The van der Waals surface area contributed by atoms with Gasteiger partial charge in [0, 0.05) is 18.9 Å². The van der Waals surface area contributed by atoms with Gasteiger partial charge in [0.25, 0.3) is 0 Å². The SMILES string of the molecule is CCC1(C(=O)OC)CC(=O)C=C(O)C1. The van der Waals surface area contributed by atoms with Gasteiger partial charge in [0.15, 0.2) is 5.78 Å². The van der Waals surface area contributed by atoms with Crippen LogP contribution >= 0.6 is 0 Å². The fourth-order valence-corrected chi connectivity index (χ4v) is 1.79. The fourth-order valence-electron chi connectivity index (χ4n) is 1.79. The Hall–Kier alpha value is -1.32. The third-order valence-corrected chi connectivity index (χ3v) is 2.65. The van der Waals surface area contributed by atoms with Crippen LogP contribution in [0.15, 0.2) is 11.8 Å². The maximum Gasteiger partial charge on any atom is 0.312 e. The number of hydrogen-bond donors (Lipinski definition) is 1. The van der Waals surface area contributed by atoms with Gasteiger partial charge in [0.05, 0.1) is 18.3 Å². The van der Waals surface area contributed by atoms with E-state index in [-0.39, 0.29) is 24.4 Å². The van der Waals surface area contributed by atoms with Crippen LogP contribution in [0.5, 0.6) is 0 Å². The topological polar surface area (TPSA) is 63.6 Å². The first-order valence-corrected chi connectivity index (χ1v) is 4.55. The van der Waals surface area contributed by atoms with Gasteiger partial charge in [-0.1, -0.05) is 6.92 Å². The van der Waals surface area contributed by atoms with E-state index in [1.165, 1.54) is 13.2 Å². The molecule has 0 bridgehead atoms. The number of ether oxygens (including phenoxy) is 1. The first-order chi connectivity index (χ1) is 6.54. The van der Waals surface area contributed by atoms with E-state index in [9.17, 15) is 14.7 Å². The molecule has 0 saturated heterocycles. The highest BCUT2D eigenvalue weighted by atomic mass is 16.5. The summed E-state index contributed by atoms with van der Waals surface area (Å²) < 4.78 is 4.65. The van der Waals surface area contributed by atoms with Crippen LogP contribution in [0, 0.1) is 5.41 Å². The number of hydrogen-bond acceptors (Lipinski definition) is 4. The van der Waals surface area contributed by atoms with Crippen molar-refractivity contribution < 1.29 is 19.4 Å². The van der Waals surface area contributed by atoms with E-state index in [0.717, 1.165) is 0 Å². The predicted molar refractivity (Wildman–Crippen MR) is 49.7 cm³/mol. The van der Waals surface area contributed by atoms with Gasteiger partial charge in [0.1, 0.15) is 0 Å². The van der Waals surface area contributed by atoms with Crippen molar-refractivity contribution in [2.24, 2.45) is 5.41 Å². The Labute approximate surface area is 82.6 Å². The van der Waals surface area contributed by atoms with E-state index in [1.54, 1.807) is 0 Å². The van der Waals surface area contributed by atoms with Crippen molar-refractivity contribution in [2.45, 2.75) is 26.2 Å². The molecule has 1 rings (SSSR count). The quantitative estimate of drug-likeness (QED) is 0.680. The van der Waals surface area contributed by atoms with Crippen LogP contribution in [0.25, 0.3) is 0 Å². The molecule has 0 saturated carbocycles. The molecule has 0 amide bonds. The Balaban J connectivity index is 2.97. The van der Waals surface area contributed by atoms with Gasteiger partial charge in [-0.2, -0.15) is 0 Å². The molecular formula is C10H14O4. The highest BCUT2D eigenvalue weighted by molar-refractivity contribution is 5.96. The van der Waals surface area contributed by atoms with Crippen molar-refractivity contribution in [3.05, 3.63) is 11.8 Å². The molecule has 14 heavy (non-hydrogen) atoms. The normalized spacial score (nSPS) is 27.0. The molecule has 1 aliphatic carbocycles. The second-order valence-electron chi connectivity index (χ2n) is 3.58. The van der Waals surface area contributed by atoms with Gasteiger partial charge in [0.2, 0.25) is 0 Å². The van der Waals surface area contributed by atoms with Crippen molar-refractivity contribution in [3.63, 3.8) is 0 Å². The molecule has 0 spiro atoms. The van der Waals surface area contributed by atoms with Crippen LogP contribution in [0.3, 0.4) is 0 Å². The van der Waals surface area contributed by atoms with E-state index in [2.05, 4.69) is 4.74 Å². The minimum atomic E-state index is -0.856. The number of allylic oxidation sites excluding steroid dienone is 2. The summed E-state index contributed by atoms with van der Waals surface area (Å²) in [6.07, 6.45) is 1.99. The molecular weight excluding hydrogens is 184 g/mol. The number of carbonyl (C=O) groups is 2. The average Bonchev–Trinajstić information content (AvgIpc) is 2.14. The van der Waals surface area contributed by atoms with Crippen LogP contribution in [0.2, 0.25) is 0 Å². The molecule has 1 N–H and O–H groups in total. The molecule has 1 atom stereocenters. The number of rotatable bonds is 2. The molecule has 1 aliphatic rings. The second kappa shape index (κ2) is 3.82. The van der Waals surface area contributed by atoms with Crippen molar-refractivity contribution in [1.29, 1.82) is 0 Å². The maximum absolute atomic E-state index is 11.5. The first kappa shape index (κ1) is 10.8. The third-order valence-electron chi connectivity index (χ3n) is 2.65. The van der Waals surface area contributed by atoms with Crippen LogP contribution in [0.1, 0.15) is 26.2 Å². The summed E-state index contributed by atoms with van der Waals surface area (Å²) in [6, 6.07) is 0. The lowest BCUT2D eigenvalue weighted by Gasteiger charge is -2.30. The van der Waals surface area contributed by atoms with Gasteiger partial charge in [-0.3, -0.25) is 9.59 Å². The van der Waals surface area contributed by atoms with Gasteiger partial charge < -0.3 is 9.84 Å². The van der Waals surface area contributed by atoms with E-state index in [0.29, 0.717) is 6.42 Å². The lowest BCUT2D eigenvalue weighted by Crippen LogP contribution is -2.36. The largest absolute Gasteiger partial charge is 0.512 e. The average molecular weight is 198 g/mol. The number of methoxy groups -OCH3 is 1. The van der Waals surface area contributed by atoms with Crippen molar-refractivity contribution >= 4 is 11.8 Å². The van der Waals surface area contributed by atoms with E-state index < -0.39 is 11.4 Å². The lowest BCUT2D eigenvalue weighted by atomic mass is 9.74. The van der Waals surface area contributed by atoms with Crippen molar-refractivity contribution in [1.82, 2.24) is 0 Å². The summed E-state index contributed by atoms with van der Waals surface area (Å²) in [6.45, 7) is 1.81. The van der Waals surface area contributed by atoms with Crippen LogP contribution in [0.4, 0.5) is 0 Å². The summed E-state index contributed by atoms with van der Waals surface area (Å²) in [5, 5.41) is 9.32. The summed E-state index contributed by atoms with van der Waals surface area (Å²) in [5.41, 5.74) is -0.856. The zero-order chi connectivity index (χ0) is 10.8. The maximum atomic E-state index is 11.5. The predicted octanol–water partition coefficient (Wildman–Crippen LogP) is 1.36. The lowest BCUT2D eigenvalue weighted by molar-refractivity contribution is -0.156. The minimum Gasteiger partial charge on any atom is -0.512 e. The van der Waals surface area contributed by atoms with E-state index in [4.69, 9.17) is 0 Å². The summed E-state index contributed by atoms with van der Waals surface area (Å²) in [7, 11) is 1.29. The van der Waals surface area contributed by atoms with Crippen LogP contribution in [-0.2, 0) is 14.3 Å². The molecule has 0 aromatic carbocycles. The highest BCUT2D eigenvalue weighted by Gasteiger charge is 2.42. The van der Waals surface area contributed by atoms with Gasteiger partial charge in [-0.25, -0.2) is 0 Å². The molecule has 1 unspecified atom stereocenters. The monoisotopic (exact) mass is 198 g/mol. The second-order valence-corrected chi connectivity index (χ2v) is 3.58. The third kappa shape index (κ3) is 1.78. The minimum absolute atomic E-state index is 0.0338. The molecule has 0 radical (unpaired) electrons. The molecule has 0 aromatic rings. The number of ketones is 1. The molecule has 0 fully saturated rings. The zero-order valence-electron chi connectivity index (χ0n) is 8.37. The first-order valence-electron chi connectivity index (χ1n) is 4.55. The summed E-state index contributed by atoms with van der Waals surface area (Å²) in [4.78, 5) is 22.7. The van der Waals surface area contributed by atoms with Crippen LogP contribution < -0.4 is 0 Å². The van der Waals surface area contributed by atoms with Crippen molar-refractivity contribution in [3.8, 4) is 0 Å². The smallest absolute Gasteiger partial charge is 0.312 e. The van der Waals surface area contributed by atoms with E-state index in [1.807, 2.05) is 6.92 Å². The van der Waals surface area contributed by atoms with Crippen LogP contribution in [-0.4, -0.2) is 24.0 Å². The summed E-state index contributed by atoms with van der Waals surface area (Å²) in [5.74, 6) is -0.678. The Kier molecular flexibility index (Phi) is 2.93. The molecule has 4 nitrogen and oxygen atoms in total. The number of aliphatic hydroxyl groups excluding tert-OH is 1. The van der Waals surface area contributed by atoms with Gasteiger partial charge in [-0.05, 0) is 6.42 Å². The molecule has 4 heteroatoms. The number of aliphatic hydroxyl groups is 1.